The fourth-order valence-electron chi connectivity index (χ4n) is 11.6. The van der Waals surface area contributed by atoms with Crippen LogP contribution in [-0.4, -0.2) is 8.07 Å². The van der Waals surface area contributed by atoms with Gasteiger partial charge in [0.2, 0.25) is 0 Å². The molecule has 0 unspecified atom stereocenters. The summed E-state index contributed by atoms with van der Waals surface area (Å²) in [5.74, 6) is 0. The zero-order valence-electron chi connectivity index (χ0n) is 33.3. The van der Waals surface area contributed by atoms with Gasteiger partial charge in [0.15, 0.2) is 8.07 Å². The zero-order chi connectivity index (χ0) is 39.8. The van der Waals surface area contributed by atoms with Crippen LogP contribution in [0.4, 0.5) is 0 Å². The minimum atomic E-state index is -3.13. The lowest BCUT2D eigenvalue weighted by Crippen LogP contribution is -2.71. The average Bonchev–Trinajstić information content (AvgIpc) is 3.81. The summed E-state index contributed by atoms with van der Waals surface area (Å²) in [6.45, 7) is 0. The molecule has 2 aliphatic rings. The van der Waals surface area contributed by atoms with Gasteiger partial charge in [-0.2, -0.15) is 0 Å². The molecule has 12 aromatic carbocycles. The van der Waals surface area contributed by atoms with Gasteiger partial charge in [-0.25, -0.2) is 0 Å². The van der Waals surface area contributed by atoms with Crippen LogP contribution in [0.25, 0.3) is 109 Å². The van der Waals surface area contributed by atoms with E-state index in [2.05, 4.69) is 218 Å². The van der Waals surface area contributed by atoms with Crippen molar-refractivity contribution in [1.82, 2.24) is 0 Å². The number of rotatable bonds is 4. The molecule has 2 aliphatic heterocycles. The van der Waals surface area contributed by atoms with Crippen molar-refractivity contribution in [3.05, 3.63) is 218 Å². The number of benzene rings is 12. The van der Waals surface area contributed by atoms with Crippen molar-refractivity contribution < 1.29 is 0 Å². The predicted molar refractivity (Wildman–Crippen MR) is 264 cm³/mol. The monoisotopic (exact) mass is 784 g/mol. The molecule has 0 aromatic heterocycles. The van der Waals surface area contributed by atoms with E-state index >= 15 is 0 Å². The summed E-state index contributed by atoms with van der Waals surface area (Å²) in [6.07, 6.45) is 0. The van der Waals surface area contributed by atoms with Gasteiger partial charge in [0, 0.05) is 0 Å². The molecule has 1 spiro atoms. The Balaban J connectivity index is 1.27. The van der Waals surface area contributed by atoms with E-state index in [9.17, 15) is 0 Å². The highest BCUT2D eigenvalue weighted by Crippen LogP contribution is 2.47. The van der Waals surface area contributed by atoms with Crippen LogP contribution in [-0.2, 0) is 0 Å². The van der Waals surface area contributed by atoms with E-state index in [1.165, 1.54) is 130 Å². The van der Waals surface area contributed by atoms with Crippen molar-refractivity contribution in [3.8, 4) is 44.5 Å². The molecule has 0 fully saturated rings. The van der Waals surface area contributed by atoms with Crippen LogP contribution in [0.1, 0.15) is 0 Å². The molecule has 1 heteroatoms. The van der Waals surface area contributed by atoms with Gasteiger partial charge in [-0.3, -0.25) is 0 Å². The standard InChI is InChI=1S/C60H36Si/c1-5-17-37(18-6-1)41-29-49-45-25-13-14-26-46(45)50-30-42(38-19-7-2-8-20-38)34-54-58(50)57(49)53(33-41)61(54)55-35-43(39-21-9-3-10-22-39)31-51-47-27-15-16-28-48(47)52-32-44(40-23-11-4-12-24-40)36-56(61)60(52)59(51)55/h1-36H. The molecule has 0 saturated heterocycles. The minimum absolute atomic E-state index is 1.25. The first-order valence-electron chi connectivity index (χ1n) is 21.4. The normalized spacial score (nSPS) is 13.4. The van der Waals surface area contributed by atoms with Gasteiger partial charge < -0.3 is 0 Å². The summed E-state index contributed by atoms with van der Waals surface area (Å²) >= 11 is 0. The molecule has 0 saturated carbocycles. The number of hydrogen-bond acceptors (Lipinski definition) is 0. The average molecular weight is 785 g/mol. The number of hydrogen-bond donors (Lipinski definition) is 0. The first kappa shape index (κ1) is 33.3. The third-order valence-corrected chi connectivity index (χ3v) is 18.9. The third kappa shape index (κ3) is 4.38. The van der Waals surface area contributed by atoms with Crippen LogP contribution in [0.2, 0.25) is 0 Å². The highest BCUT2D eigenvalue weighted by Gasteiger charge is 2.53. The van der Waals surface area contributed by atoms with Crippen LogP contribution < -0.4 is 20.7 Å². The van der Waals surface area contributed by atoms with Gasteiger partial charge in [-0.05, 0) is 154 Å². The molecule has 0 radical (unpaired) electrons. The Morgan fingerprint density at radius 3 is 0.623 bits per heavy atom. The van der Waals surface area contributed by atoms with Crippen molar-refractivity contribution in [3.63, 3.8) is 0 Å². The van der Waals surface area contributed by atoms with Gasteiger partial charge in [0.05, 0.1) is 0 Å². The molecule has 12 aromatic rings. The Morgan fingerprint density at radius 1 is 0.180 bits per heavy atom. The number of fused-ring (bicyclic) bond motifs is 10. The maximum absolute atomic E-state index is 3.13. The third-order valence-electron chi connectivity index (χ3n) is 14.1. The van der Waals surface area contributed by atoms with Gasteiger partial charge in [0.25, 0.3) is 0 Å². The van der Waals surface area contributed by atoms with Crippen molar-refractivity contribution in [2.45, 2.75) is 0 Å². The van der Waals surface area contributed by atoms with Gasteiger partial charge in [-0.1, -0.05) is 194 Å². The van der Waals surface area contributed by atoms with E-state index in [0.29, 0.717) is 0 Å². The molecule has 14 rings (SSSR count). The second-order valence-electron chi connectivity index (χ2n) is 17.1. The summed E-state index contributed by atoms with van der Waals surface area (Å²) < 4.78 is 0. The lowest BCUT2D eigenvalue weighted by molar-refractivity contribution is 1.65. The van der Waals surface area contributed by atoms with Crippen molar-refractivity contribution in [2.24, 2.45) is 0 Å². The van der Waals surface area contributed by atoms with E-state index in [1.54, 1.807) is 0 Å². The maximum Gasteiger partial charge on any atom is 0.182 e. The van der Waals surface area contributed by atoms with Crippen LogP contribution in [0.5, 0.6) is 0 Å². The highest BCUT2D eigenvalue weighted by molar-refractivity contribution is 7.26. The first-order valence-corrected chi connectivity index (χ1v) is 23.4. The Morgan fingerprint density at radius 2 is 0.393 bits per heavy atom. The Bertz CT molecular complexity index is 3320. The first-order chi connectivity index (χ1) is 30.3. The fourth-order valence-corrected chi connectivity index (χ4v) is 17.4. The summed E-state index contributed by atoms with van der Waals surface area (Å²) in [6, 6.07) is 83.2. The zero-order valence-corrected chi connectivity index (χ0v) is 34.3. The molecule has 0 N–H and O–H groups in total. The lowest BCUT2D eigenvalue weighted by Gasteiger charge is -2.30. The smallest absolute Gasteiger partial charge is 0.0622 e. The van der Waals surface area contributed by atoms with Gasteiger partial charge >= 0.3 is 0 Å². The van der Waals surface area contributed by atoms with E-state index < -0.39 is 8.07 Å². The summed E-state index contributed by atoms with van der Waals surface area (Å²) in [5, 5.41) is 22.5. The molecule has 0 nitrogen and oxygen atoms in total. The molecular weight excluding hydrogens is 749 g/mol. The van der Waals surface area contributed by atoms with E-state index in [4.69, 9.17) is 0 Å². The van der Waals surface area contributed by atoms with E-state index in [0.717, 1.165) is 0 Å². The van der Waals surface area contributed by atoms with Crippen molar-refractivity contribution in [1.29, 1.82) is 0 Å². The molecule has 0 aliphatic carbocycles. The molecule has 0 amide bonds. The van der Waals surface area contributed by atoms with Gasteiger partial charge in [0.1, 0.15) is 0 Å². The molecule has 61 heavy (non-hydrogen) atoms. The van der Waals surface area contributed by atoms with Gasteiger partial charge in [-0.15, -0.1) is 0 Å². The van der Waals surface area contributed by atoms with Crippen LogP contribution in [0.15, 0.2) is 218 Å². The molecule has 2 heterocycles. The van der Waals surface area contributed by atoms with E-state index in [1.807, 2.05) is 0 Å². The second kappa shape index (κ2) is 12.2. The largest absolute Gasteiger partial charge is 0.182 e. The SMILES string of the molecule is c1ccc(-c2cc3c4c(c2)c2ccccc2c2cc(-c5ccccc5)cc(c24)[Si]32c3cc(-c4ccccc4)cc4c5ccccc5c5cc(-c6ccccc6)cc2c5c34)cc1. The predicted octanol–water partition coefficient (Wildman–Crippen LogP) is 13.3. The topological polar surface area (TPSA) is 0 Å². The van der Waals surface area contributed by atoms with E-state index in [-0.39, 0.29) is 0 Å². The lowest BCUT2D eigenvalue weighted by atomic mass is 9.90. The van der Waals surface area contributed by atoms with Crippen LogP contribution >= 0.6 is 0 Å². The minimum Gasteiger partial charge on any atom is -0.0622 e. The van der Waals surface area contributed by atoms with Crippen LogP contribution in [0.3, 0.4) is 0 Å². The highest BCUT2D eigenvalue weighted by atomic mass is 28.3. The summed E-state index contributed by atoms with van der Waals surface area (Å²) in [5.41, 5.74) is 10.1. The molecule has 0 atom stereocenters. The quantitative estimate of drug-likeness (QED) is 0.123. The van der Waals surface area contributed by atoms with Crippen LogP contribution in [0, 0.1) is 0 Å². The van der Waals surface area contributed by atoms with Crippen molar-refractivity contribution in [2.75, 3.05) is 0 Å². The maximum atomic E-state index is 2.63. The summed E-state index contributed by atoms with van der Waals surface area (Å²) in [4.78, 5) is 0. The molecule has 0 bridgehead atoms. The Hall–Kier alpha value is -7.58. The Labute approximate surface area is 354 Å². The summed E-state index contributed by atoms with van der Waals surface area (Å²) in [7, 11) is -3.13. The second-order valence-corrected chi connectivity index (χ2v) is 20.7. The van der Waals surface area contributed by atoms with Crippen molar-refractivity contribution >= 4 is 93.5 Å². The fraction of sp³-hybridized carbons (Fsp3) is 0. The molecular formula is C60H36Si. The Kier molecular flexibility index (Phi) is 6.67. The molecule has 280 valence electrons.